The second kappa shape index (κ2) is 15.8. The van der Waals surface area contributed by atoms with E-state index in [0.717, 1.165) is 5.56 Å². The fourth-order valence-corrected chi connectivity index (χ4v) is 4.84. The van der Waals surface area contributed by atoms with E-state index in [4.69, 9.17) is 4.74 Å². The molecule has 1 aromatic heterocycles. The van der Waals surface area contributed by atoms with Gasteiger partial charge in [-0.05, 0) is 55.0 Å². The minimum absolute atomic E-state index is 0.0276. The number of benzene rings is 1. The molecule has 1 saturated heterocycles. The van der Waals surface area contributed by atoms with Crippen molar-refractivity contribution in [1.29, 1.82) is 0 Å². The van der Waals surface area contributed by atoms with E-state index in [-0.39, 0.29) is 31.3 Å². The van der Waals surface area contributed by atoms with E-state index in [1.807, 2.05) is 27.7 Å². The maximum Gasteiger partial charge on any atom is 0.254 e. The van der Waals surface area contributed by atoms with Crippen molar-refractivity contribution in [3.8, 4) is 5.75 Å². The van der Waals surface area contributed by atoms with E-state index < -0.39 is 53.7 Å². The number of ether oxygens (including phenoxy) is 1. The third kappa shape index (κ3) is 9.78. The van der Waals surface area contributed by atoms with Crippen LogP contribution in [0.4, 0.5) is 0 Å². The van der Waals surface area contributed by atoms with Crippen molar-refractivity contribution >= 4 is 29.5 Å². The third-order valence-electron chi connectivity index (χ3n) is 7.44. The number of carbonyl (C=O) groups excluding carboxylic acids is 5. The fraction of sp³-hybridized carbons (Fsp3) is 0.500. The van der Waals surface area contributed by atoms with Gasteiger partial charge < -0.3 is 30.9 Å². The number of nitrogens with zero attached hydrogens (tertiary/aromatic N) is 2. The number of carbonyl (C=O) groups is 5. The van der Waals surface area contributed by atoms with Gasteiger partial charge >= 0.3 is 0 Å². The summed E-state index contributed by atoms with van der Waals surface area (Å²) < 4.78 is 5.22. The Hall–Kier alpha value is -4.48. The molecule has 0 aliphatic carbocycles. The highest BCUT2D eigenvalue weighted by atomic mass is 16.5. The number of pyridine rings is 1. The van der Waals surface area contributed by atoms with Gasteiger partial charge in [0, 0.05) is 37.0 Å². The van der Waals surface area contributed by atoms with Gasteiger partial charge in [-0.25, -0.2) is 0 Å². The Labute approximate surface area is 258 Å². The molecule has 1 fully saturated rings. The van der Waals surface area contributed by atoms with Crippen LogP contribution in [0.1, 0.15) is 57.0 Å². The minimum atomic E-state index is -1.03. The lowest BCUT2D eigenvalue weighted by Gasteiger charge is -2.31. The van der Waals surface area contributed by atoms with Crippen LogP contribution >= 0.6 is 0 Å². The van der Waals surface area contributed by atoms with E-state index >= 15 is 0 Å². The SMILES string of the molecule is COc1ccc(C[C@@H]2NC(=O)[C@H](CC(C)C)NC(=O)CN(C(=O)c3ccncc3)C[C@H](C(C)C)NC(=O)[C@@H](C)NC2=O)cc1. The highest BCUT2D eigenvalue weighted by Crippen LogP contribution is 2.15. The Morgan fingerprint density at radius 2 is 1.52 bits per heavy atom. The van der Waals surface area contributed by atoms with Gasteiger partial charge in [0.15, 0.2) is 0 Å². The number of methoxy groups -OCH3 is 1. The summed E-state index contributed by atoms with van der Waals surface area (Å²) in [4.78, 5) is 72.7. The molecule has 1 aromatic carbocycles. The molecule has 2 heterocycles. The highest BCUT2D eigenvalue weighted by Gasteiger charge is 2.32. The molecule has 238 valence electrons. The quantitative estimate of drug-likeness (QED) is 0.370. The average Bonchev–Trinajstić information content (AvgIpc) is 2.99. The van der Waals surface area contributed by atoms with Crippen molar-refractivity contribution in [2.75, 3.05) is 20.2 Å². The lowest BCUT2D eigenvalue weighted by Crippen LogP contribution is -2.57. The summed E-state index contributed by atoms with van der Waals surface area (Å²) in [5.74, 6) is -1.95. The first-order valence-corrected chi connectivity index (χ1v) is 14.9. The van der Waals surface area contributed by atoms with Crippen LogP contribution in [-0.2, 0) is 25.6 Å². The van der Waals surface area contributed by atoms with Crippen LogP contribution in [0.3, 0.4) is 0 Å². The molecule has 2 aromatic rings. The summed E-state index contributed by atoms with van der Waals surface area (Å²) >= 11 is 0. The number of rotatable bonds is 7. The van der Waals surface area contributed by atoms with Gasteiger partial charge in [0.2, 0.25) is 23.6 Å². The maximum atomic E-state index is 13.6. The molecule has 0 bridgehead atoms. The predicted octanol–water partition coefficient (Wildman–Crippen LogP) is 1.45. The molecule has 1 aliphatic heterocycles. The summed E-state index contributed by atoms with van der Waals surface area (Å²) in [6.45, 7) is 8.86. The molecule has 4 atom stereocenters. The highest BCUT2D eigenvalue weighted by molar-refractivity contribution is 5.98. The summed E-state index contributed by atoms with van der Waals surface area (Å²) in [5.41, 5.74) is 1.09. The standard InChI is InChI=1S/C32H44N6O6/c1-19(2)15-25-31(42)36-26(16-22-7-9-24(44-6)10-8-22)30(41)34-21(5)29(40)37-27(20(3)4)17-38(18-28(39)35-25)32(43)23-11-13-33-14-12-23/h7-14,19-21,25-27H,15-18H2,1-6H3,(H,34,41)(H,35,39)(H,36,42)(H,37,40)/t21-,25+,26+,27-/m1/s1. The van der Waals surface area contributed by atoms with E-state index in [1.165, 1.54) is 17.3 Å². The Kier molecular flexibility index (Phi) is 12.2. The van der Waals surface area contributed by atoms with Crippen LogP contribution in [-0.4, -0.2) is 83.8 Å². The van der Waals surface area contributed by atoms with Gasteiger partial charge in [0.1, 0.15) is 23.9 Å². The van der Waals surface area contributed by atoms with Crippen LogP contribution in [0.5, 0.6) is 5.75 Å². The number of hydrogen-bond acceptors (Lipinski definition) is 7. The van der Waals surface area contributed by atoms with Crippen LogP contribution in [0.2, 0.25) is 0 Å². The normalized spacial score (nSPS) is 22.3. The smallest absolute Gasteiger partial charge is 0.254 e. The molecule has 0 unspecified atom stereocenters. The molecule has 4 N–H and O–H groups in total. The van der Waals surface area contributed by atoms with Gasteiger partial charge in [-0.2, -0.15) is 0 Å². The molecule has 12 heteroatoms. The Morgan fingerprint density at radius 1 is 0.886 bits per heavy atom. The predicted molar refractivity (Wildman–Crippen MR) is 165 cm³/mol. The number of amides is 5. The summed E-state index contributed by atoms with van der Waals surface area (Å²) in [6, 6.07) is 6.71. The van der Waals surface area contributed by atoms with Gasteiger partial charge in [-0.1, -0.05) is 39.8 Å². The number of hydrogen-bond donors (Lipinski definition) is 4. The minimum Gasteiger partial charge on any atom is -0.497 e. The molecular weight excluding hydrogens is 564 g/mol. The van der Waals surface area contributed by atoms with Crippen molar-refractivity contribution < 1.29 is 28.7 Å². The zero-order valence-electron chi connectivity index (χ0n) is 26.3. The van der Waals surface area contributed by atoms with Crippen LogP contribution in [0, 0.1) is 11.8 Å². The largest absolute Gasteiger partial charge is 0.497 e. The number of aromatic nitrogens is 1. The monoisotopic (exact) mass is 608 g/mol. The molecule has 1 aliphatic rings. The molecular formula is C32H44N6O6. The molecule has 3 rings (SSSR count). The molecule has 0 radical (unpaired) electrons. The summed E-state index contributed by atoms with van der Waals surface area (Å²) in [5, 5.41) is 11.2. The zero-order valence-corrected chi connectivity index (χ0v) is 26.3. The van der Waals surface area contributed by atoms with Crippen molar-refractivity contribution in [3.05, 3.63) is 59.9 Å². The first kappa shape index (κ1) is 34.0. The van der Waals surface area contributed by atoms with Gasteiger partial charge in [-0.15, -0.1) is 0 Å². The second-order valence-corrected chi connectivity index (χ2v) is 11.9. The van der Waals surface area contributed by atoms with E-state index in [1.54, 1.807) is 50.4 Å². The van der Waals surface area contributed by atoms with E-state index in [9.17, 15) is 24.0 Å². The van der Waals surface area contributed by atoms with Crippen molar-refractivity contribution in [1.82, 2.24) is 31.2 Å². The first-order chi connectivity index (χ1) is 20.9. The Bertz CT molecular complexity index is 1300. The molecule has 44 heavy (non-hydrogen) atoms. The van der Waals surface area contributed by atoms with Crippen molar-refractivity contribution in [2.45, 2.75) is 71.6 Å². The maximum absolute atomic E-state index is 13.6. The molecule has 12 nitrogen and oxygen atoms in total. The number of nitrogens with one attached hydrogen (secondary N) is 4. The van der Waals surface area contributed by atoms with Crippen molar-refractivity contribution in [3.63, 3.8) is 0 Å². The topological polar surface area (TPSA) is 159 Å². The molecule has 5 amide bonds. The Balaban J connectivity index is 1.98. The van der Waals surface area contributed by atoms with Gasteiger partial charge in [0.25, 0.3) is 5.91 Å². The Morgan fingerprint density at radius 3 is 2.11 bits per heavy atom. The molecule has 0 saturated carbocycles. The lowest BCUT2D eigenvalue weighted by atomic mass is 10.0. The van der Waals surface area contributed by atoms with Gasteiger partial charge in [0.05, 0.1) is 13.7 Å². The first-order valence-electron chi connectivity index (χ1n) is 14.9. The van der Waals surface area contributed by atoms with Crippen LogP contribution in [0.25, 0.3) is 0 Å². The van der Waals surface area contributed by atoms with Crippen LogP contribution in [0.15, 0.2) is 48.8 Å². The second-order valence-electron chi connectivity index (χ2n) is 11.9. The average molecular weight is 609 g/mol. The summed E-state index contributed by atoms with van der Waals surface area (Å²) in [7, 11) is 1.55. The van der Waals surface area contributed by atoms with Gasteiger partial charge in [-0.3, -0.25) is 29.0 Å². The third-order valence-corrected chi connectivity index (χ3v) is 7.44. The van der Waals surface area contributed by atoms with E-state index in [2.05, 4.69) is 26.3 Å². The van der Waals surface area contributed by atoms with Crippen LogP contribution < -0.4 is 26.0 Å². The lowest BCUT2D eigenvalue weighted by molar-refractivity contribution is -0.133. The van der Waals surface area contributed by atoms with Crippen molar-refractivity contribution in [2.24, 2.45) is 11.8 Å². The summed E-state index contributed by atoms with van der Waals surface area (Å²) in [6.07, 6.45) is 3.41. The molecule has 0 spiro atoms. The van der Waals surface area contributed by atoms with E-state index in [0.29, 0.717) is 17.7 Å². The fourth-order valence-electron chi connectivity index (χ4n) is 4.84. The zero-order chi connectivity index (χ0) is 32.4.